The van der Waals surface area contributed by atoms with Crippen molar-refractivity contribution in [1.29, 1.82) is 0 Å². The molecule has 4 heteroatoms. The first-order valence-electron chi connectivity index (χ1n) is 9.54. The van der Waals surface area contributed by atoms with Crippen LogP contribution in [0.4, 0.5) is 5.69 Å². The predicted molar refractivity (Wildman–Crippen MR) is 114 cm³/mol. The molecule has 0 aliphatic rings. The molecule has 3 aromatic rings. The molecule has 0 fully saturated rings. The van der Waals surface area contributed by atoms with E-state index in [9.17, 15) is 0 Å². The molecule has 1 heterocycles. The highest BCUT2D eigenvalue weighted by atomic mass is 16.5. The fourth-order valence-electron chi connectivity index (χ4n) is 2.77. The third-order valence-electron chi connectivity index (χ3n) is 4.25. The molecule has 27 heavy (non-hydrogen) atoms. The number of benzene rings is 2. The minimum Gasteiger partial charge on any atom is -0.385 e. The number of rotatable bonds is 9. The zero-order chi connectivity index (χ0) is 18.9. The van der Waals surface area contributed by atoms with Gasteiger partial charge in [-0.2, -0.15) is 0 Å². The Labute approximate surface area is 161 Å². The van der Waals surface area contributed by atoms with E-state index in [4.69, 9.17) is 9.72 Å². The number of anilines is 1. The monoisotopic (exact) mass is 361 g/mol. The van der Waals surface area contributed by atoms with Crippen molar-refractivity contribution in [2.75, 3.05) is 25.1 Å². The van der Waals surface area contributed by atoms with Gasteiger partial charge >= 0.3 is 0 Å². The van der Waals surface area contributed by atoms with E-state index >= 15 is 0 Å². The molecule has 4 nitrogen and oxygen atoms in total. The zero-order valence-electron chi connectivity index (χ0n) is 16.0. The molecule has 0 aliphatic heterocycles. The van der Waals surface area contributed by atoms with Crippen LogP contribution in [0.5, 0.6) is 0 Å². The van der Waals surface area contributed by atoms with Gasteiger partial charge in [0.2, 0.25) is 0 Å². The minimum absolute atomic E-state index is 0.645. The molecule has 3 rings (SSSR count). The molecule has 0 saturated carbocycles. The van der Waals surface area contributed by atoms with E-state index in [1.165, 1.54) is 0 Å². The van der Waals surface area contributed by atoms with E-state index in [1.807, 2.05) is 19.2 Å². The van der Waals surface area contributed by atoms with E-state index in [0.717, 1.165) is 53.5 Å². The number of nitrogens with one attached hydrogen (secondary N) is 2. The molecule has 0 radical (unpaired) electrons. The number of aromatic amines is 1. The molecule has 2 N–H and O–H groups in total. The standard InChI is InChI=1S/C23H27N3O/c1-3-15-24-21-13-11-19(12-14-21)22-17-25-23(26-22)20-9-7-18(8-10-20)6-5-16-27-4-2/h5-14,17,24H,3-4,15-16H2,1-2H3,(H,25,26)/b6-5+. The van der Waals surface area contributed by atoms with Crippen molar-refractivity contribution < 1.29 is 4.74 Å². The maximum atomic E-state index is 5.31. The molecule has 0 saturated heterocycles. The van der Waals surface area contributed by atoms with Gasteiger partial charge in [0.25, 0.3) is 0 Å². The molecular weight excluding hydrogens is 334 g/mol. The van der Waals surface area contributed by atoms with Crippen LogP contribution in [-0.2, 0) is 4.74 Å². The lowest BCUT2D eigenvalue weighted by Crippen LogP contribution is -1.98. The van der Waals surface area contributed by atoms with Crippen LogP contribution in [-0.4, -0.2) is 29.7 Å². The van der Waals surface area contributed by atoms with Gasteiger partial charge < -0.3 is 15.0 Å². The third kappa shape index (κ3) is 5.31. The molecule has 0 spiro atoms. The van der Waals surface area contributed by atoms with Crippen molar-refractivity contribution in [2.45, 2.75) is 20.3 Å². The molecule has 0 unspecified atom stereocenters. The number of aromatic nitrogens is 2. The first-order chi connectivity index (χ1) is 13.3. The highest BCUT2D eigenvalue weighted by Gasteiger charge is 2.06. The normalized spacial score (nSPS) is 11.2. The number of hydrogen-bond acceptors (Lipinski definition) is 3. The summed E-state index contributed by atoms with van der Waals surface area (Å²) in [6.45, 7) is 6.53. The predicted octanol–water partition coefficient (Wildman–Crippen LogP) is 5.62. The smallest absolute Gasteiger partial charge is 0.138 e. The van der Waals surface area contributed by atoms with Crippen molar-refractivity contribution in [3.8, 4) is 22.6 Å². The van der Waals surface area contributed by atoms with E-state index < -0.39 is 0 Å². The lowest BCUT2D eigenvalue weighted by atomic mass is 10.1. The third-order valence-corrected chi connectivity index (χ3v) is 4.25. The van der Waals surface area contributed by atoms with Crippen molar-refractivity contribution in [3.05, 3.63) is 66.4 Å². The Kier molecular flexibility index (Phi) is 6.83. The van der Waals surface area contributed by atoms with Gasteiger partial charge in [0.05, 0.1) is 12.3 Å². The van der Waals surface area contributed by atoms with E-state index in [0.29, 0.717) is 6.61 Å². The van der Waals surface area contributed by atoms with Gasteiger partial charge in [-0.15, -0.1) is 0 Å². The number of ether oxygens (including phenoxy) is 1. The second-order valence-corrected chi connectivity index (χ2v) is 6.32. The van der Waals surface area contributed by atoms with Crippen LogP contribution in [0.15, 0.2) is 60.8 Å². The molecular formula is C23H27N3O. The Balaban J connectivity index is 1.67. The van der Waals surface area contributed by atoms with E-state index in [2.05, 4.69) is 71.8 Å². The van der Waals surface area contributed by atoms with Crippen LogP contribution in [0.1, 0.15) is 25.8 Å². The van der Waals surface area contributed by atoms with Crippen LogP contribution in [0.3, 0.4) is 0 Å². The summed E-state index contributed by atoms with van der Waals surface area (Å²) < 4.78 is 5.31. The fourth-order valence-corrected chi connectivity index (χ4v) is 2.77. The average Bonchev–Trinajstić information content (AvgIpc) is 3.21. The lowest BCUT2D eigenvalue weighted by Gasteiger charge is -2.04. The van der Waals surface area contributed by atoms with Gasteiger partial charge in [0, 0.05) is 36.2 Å². The van der Waals surface area contributed by atoms with Crippen LogP contribution in [0.25, 0.3) is 28.7 Å². The van der Waals surface area contributed by atoms with Gasteiger partial charge in [-0.05, 0) is 31.0 Å². The Morgan fingerprint density at radius 3 is 2.44 bits per heavy atom. The molecule has 140 valence electrons. The fraction of sp³-hybridized carbons (Fsp3) is 0.261. The van der Waals surface area contributed by atoms with E-state index in [-0.39, 0.29) is 0 Å². The SMILES string of the molecule is CCCNc1ccc(-c2c[nH]c(-c3ccc(/C=C/COCC)cc3)n2)cc1. The second kappa shape index (κ2) is 9.74. The van der Waals surface area contributed by atoms with Gasteiger partial charge in [0.1, 0.15) is 5.82 Å². The van der Waals surface area contributed by atoms with Crippen LogP contribution < -0.4 is 5.32 Å². The number of H-pyrrole nitrogens is 1. The summed E-state index contributed by atoms with van der Waals surface area (Å²) in [6, 6.07) is 16.8. The van der Waals surface area contributed by atoms with Crippen LogP contribution >= 0.6 is 0 Å². The van der Waals surface area contributed by atoms with Crippen molar-refractivity contribution in [1.82, 2.24) is 9.97 Å². The first kappa shape index (κ1) is 18.9. The maximum absolute atomic E-state index is 5.31. The zero-order valence-corrected chi connectivity index (χ0v) is 16.0. The summed E-state index contributed by atoms with van der Waals surface area (Å²) in [7, 11) is 0. The topological polar surface area (TPSA) is 49.9 Å². The number of imidazole rings is 1. The second-order valence-electron chi connectivity index (χ2n) is 6.32. The summed E-state index contributed by atoms with van der Waals surface area (Å²) in [4.78, 5) is 8.03. The molecule has 0 atom stereocenters. The van der Waals surface area contributed by atoms with Gasteiger partial charge in [0.15, 0.2) is 0 Å². The van der Waals surface area contributed by atoms with Crippen LogP contribution in [0, 0.1) is 0 Å². The number of hydrogen-bond donors (Lipinski definition) is 2. The van der Waals surface area contributed by atoms with Crippen molar-refractivity contribution in [3.63, 3.8) is 0 Å². The number of nitrogens with zero attached hydrogens (tertiary/aromatic N) is 1. The summed E-state index contributed by atoms with van der Waals surface area (Å²) >= 11 is 0. The summed E-state index contributed by atoms with van der Waals surface area (Å²) in [5.41, 5.74) is 5.43. The largest absolute Gasteiger partial charge is 0.385 e. The quantitative estimate of drug-likeness (QED) is 0.487. The Morgan fingerprint density at radius 1 is 1.00 bits per heavy atom. The Bertz CT molecular complexity index is 848. The van der Waals surface area contributed by atoms with Crippen LogP contribution in [0.2, 0.25) is 0 Å². The molecule has 0 bridgehead atoms. The Morgan fingerprint density at radius 2 is 1.74 bits per heavy atom. The highest BCUT2D eigenvalue weighted by molar-refractivity contribution is 5.67. The highest BCUT2D eigenvalue weighted by Crippen LogP contribution is 2.24. The summed E-state index contributed by atoms with van der Waals surface area (Å²) in [5, 5.41) is 3.39. The van der Waals surface area contributed by atoms with Gasteiger partial charge in [-0.3, -0.25) is 0 Å². The summed E-state index contributed by atoms with van der Waals surface area (Å²) in [6.07, 6.45) is 7.18. The maximum Gasteiger partial charge on any atom is 0.138 e. The average molecular weight is 361 g/mol. The molecule has 0 aliphatic carbocycles. The van der Waals surface area contributed by atoms with Gasteiger partial charge in [-0.1, -0.05) is 55.5 Å². The molecule has 0 amide bonds. The lowest BCUT2D eigenvalue weighted by molar-refractivity contribution is 0.178. The summed E-state index contributed by atoms with van der Waals surface area (Å²) in [5.74, 6) is 0.878. The molecule has 2 aromatic carbocycles. The minimum atomic E-state index is 0.645. The van der Waals surface area contributed by atoms with Gasteiger partial charge in [-0.25, -0.2) is 4.98 Å². The first-order valence-corrected chi connectivity index (χ1v) is 9.54. The van der Waals surface area contributed by atoms with E-state index in [1.54, 1.807) is 0 Å². The van der Waals surface area contributed by atoms with Crippen molar-refractivity contribution >= 4 is 11.8 Å². The molecule has 1 aromatic heterocycles. The Hall–Kier alpha value is -2.85. The van der Waals surface area contributed by atoms with Crippen molar-refractivity contribution in [2.24, 2.45) is 0 Å².